The third kappa shape index (κ3) is 12.4. The predicted molar refractivity (Wildman–Crippen MR) is 583 cm³/mol. The zero-order valence-corrected chi connectivity index (χ0v) is 77.8. The molecule has 9 heterocycles. The number of nitrogens with zero attached hydrogens (tertiary/aromatic N) is 8. The van der Waals surface area contributed by atoms with Crippen LogP contribution in [0.3, 0.4) is 0 Å². The average Bonchev–Trinajstić information content (AvgIpc) is 1.55. The van der Waals surface area contributed by atoms with E-state index in [2.05, 4.69) is 541 Å². The van der Waals surface area contributed by atoms with E-state index in [4.69, 9.17) is 9.31 Å². The van der Waals surface area contributed by atoms with E-state index in [0.29, 0.717) is 0 Å². The molecule has 0 saturated carbocycles. The third-order valence-electron chi connectivity index (χ3n) is 29.2. The highest BCUT2D eigenvalue weighted by Crippen LogP contribution is 2.50. The van der Waals surface area contributed by atoms with Gasteiger partial charge in [0.15, 0.2) is 0 Å². The molecule has 0 bridgehead atoms. The number of hydrogen-bond acceptors (Lipinski definition) is 2. The second-order valence-electron chi connectivity index (χ2n) is 37.4. The van der Waals surface area contributed by atoms with Gasteiger partial charge in [0.25, 0.3) is 0 Å². The first-order chi connectivity index (χ1) is 67.9. The summed E-state index contributed by atoms with van der Waals surface area (Å²) in [6.45, 7) is 8.41. The van der Waals surface area contributed by atoms with E-state index in [1.807, 2.05) is 0 Å². The molecule has 10 nitrogen and oxygen atoms in total. The van der Waals surface area contributed by atoms with Gasteiger partial charge in [-0.25, -0.2) is 0 Å². The van der Waals surface area contributed by atoms with E-state index in [0.717, 1.165) is 55.3 Å². The molecule has 1 aliphatic heterocycles. The van der Waals surface area contributed by atoms with E-state index >= 15 is 0 Å². The Morgan fingerprint density at radius 1 is 0.174 bits per heavy atom. The molecule has 1 fully saturated rings. The second kappa shape index (κ2) is 31.7. The summed E-state index contributed by atoms with van der Waals surface area (Å²) in [5.41, 5.74) is 31.0. The molecule has 8 aromatic heterocycles. The van der Waals surface area contributed by atoms with Crippen molar-refractivity contribution in [3.05, 3.63) is 466 Å². The van der Waals surface area contributed by atoms with Crippen LogP contribution in [0, 0.1) is 0 Å². The highest BCUT2D eigenvalue weighted by atomic mass is 79.9. The van der Waals surface area contributed by atoms with Crippen LogP contribution in [0.25, 0.3) is 231 Å². The van der Waals surface area contributed by atoms with Crippen molar-refractivity contribution in [3.8, 4) is 56.6 Å². The van der Waals surface area contributed by atoms with Gasteiger partial charge in [-0.1, -0.05) is 307 Å². The average molecular weight is 1840 g/mol. The molecule has 0 unspecified atom stereocenters. The van der Waals surface area contributed by atoms with E-state index in [1.165, 1.54) is 186 Å². The SMILES string of the molecule is Brc1ccc2c(c1)c1ccc3c4ccccc4n(-c4ccccc4)c3c1n2-c1ccccc1.CC1(C)OB(c2ccc3c(c2)c2ccc4c5ccccc5n(-c5ccccc5)c4c2n3-c2ccccc2)OC1(C)C.c1ccc(-n2c3ccccc3c3ccc4c5cc(-c6ccc7c(c6)c6ccc8c9ccccc9n(-c9ccccc9)c8c6n7-c6ccccc6)ccc5n(-c5ccccc5)c4c32)cc1. The van der Waals surface area contributed by atoms with Crippen molar-refractivity contribution in [3.63, 3.8) is 0 Å². The zero-order valence-electron chi connectivity index (χ0n) is 76.2. The zero-order chi connectivity index (χ0) is 91.8. The predicted octanol–water partition coefficient (Wildman–Crippen LogP) is 32.6. The maximum atomic E-state index is 6.46. The molecule has 0 atom stereocenters. The van der Waals surface area contributed by atoms with Gasteiger partial charge >= 0.3 is 7.12 Å². The smallest absolute Gasteiger partial charge is 0.399 e. The van der Waals surface area contributed by atoms with Crippen LogP contribution in [0.1, 0.15) is 27.7 Å². The summed E-state index contributed by atoms with van der Waals surface area (Å²) in [6, 6.07) is 167. The molecule has 20 aromatic carbocycles. The van der Waals surface area contributed by atoms with Gasteiger partial charge in [0.05, 0.1) is 99.5 Å². The Hall–Kier alpha value is -16.7. The van der Waals surface area contributed by atoms with E-state index in [-0.39, 0.29) is 0 Å². The number of rotatable bonds is 10. The van der Waals surface area contributed by atoms with E-state index < -0.39 is 18.3 Å². The fourth-order valence-electron chi connectivity index (χ4n) is 22.4. The first-order valence-electron chi connectivity index (χ1n) is 47.4. The van der Waals surface area contributed by atoms with Gasteiger partial charge in [0.2, 0.25) is 0 Å². The van der Waals surface area contributed by atoms with Crippen LogP contribution in [0.4, 0.5) is 0 Å². The molecule has 0 aliphatic carbocycles. The fraction of sp³-hybridized carbons (Fsp3) is 0.0476. The molecule has 138 heavy (non-hydrogen) atoms. The van der Waals surface area contributed by atoms with Crippen LogP contribution >= 0.6 is 15.9 Å². The molecular weight excluding hydrogens is 1750 g/mol. The summed E-state index contributed by atoms with van der Waals surface area (Å²) in [4.78, 5) is 0. The van der Waals surface area contributed by atoms with E-state index in [9.17, 15) is 0 Å². The normalized spacial score (nSPS) is 13.3. The topological polar surface area (TPSA) is 57.9 Å². The number of benzene rings is 20. The monoisotopic (exact) mass is 1830 g/mol. The van der Waals surface area contributed by atoms with Gasteiger partial charge in [0.1, 0.15) is 0 Å². The summed E-state index contributed by atoms with van der Waals surface area (Å²) in [5.74, 6) is 0. The number of hydrogen-bond donors (Lipinski definition) is 0. The van der Waals surface area contributed by atoms with Gasteiger partial charge in [-0.15, -0.1) is 0 Å². The lowest BCUT2D eigenvalue weighted by Gasteiger charge is -2.32. The lowest BCUT2D eigenvalue weighted by Crippen LogP contribution is -2.41. The second-order valence-corrected chi connectivity index (χ2v) is 38.3. The number of aromatic nitrogens is 8. The van der Waals surface area contributed by atoms with Gasteiger partial charge in [-0.05, 0) is 214 Å². The maximum Gasteiger partial charge on any atom is 0.494 e. The van der Waals surface area contributed by atoms with E-state index in [1.54, 1.807) is 0 Å². The Morgan fingerprint density at radius 3 is 0.609 bits per heavy atom. The molecule has 0 N–H and O–H groups in total. The number of para-hydroxylation sites is 12. The fourth-order valence-corrected chi connectivity index (χ4v) is 22.8. The third-order valence-corrected chi connectivity index (χ3v) is 29.7. The summed E-state index contributed by atoms with van der Waals surface area (Å²) in [6.07, 6.45) is 0. The van der Waals surface area contributed by atoms with Crippen LogP contribution < -0.4 is 5.46 Å². The Morgan fingerprint density at radius 2 is 0.362 bits per heavy atom. The van der Waals surface area contributed by atoms with Gasteiger partial charge in [-0.3, -0.25) is 0 Å². The van der Waals surface area contributed by atoms with Crippen LogP contribution in [-0.2, 0) is 9.31 Å². The molecule has 12 heteroatoms. The van der Waals surface area contributed by atoms with Crippen LogP contribution in [0.5, 0.6) is 0 Å². The van der Waals surface area contributed by atoms with Crippen molar-refractivity contribution in [2.75, 3.05) is 0 Å². The van der Waals surface area contributed by atoms with Crippen LogP contribution in [0.15, 0.2) is 466 Å². The van der Waals surface area contributed by atoms with Crippen molar-refractivity contribution < 1.29 is 9.31 Å². The molecule has 1 aliphatic rings. The molecule has 0 radical (unpaired) electrons. The van der Waals surface area contributed by atoms with Gasteiger partial charge in [-0.2, -0.15) is 0 Å². The van der Waals surface area contributed by atoms with Gasteiger partial charge < -0.3 is 45.8 Å². The van der Waals surface area contributed by atoms with Gasteiger partial charge in [0, 0.05) is 136 Å². The first-order valence-corrected chi connectivity index (χ1v) is 48.2. The summed E-state index contributed by atoms with van der Waals surface area (Å²) in [5, 5.41) is 19.8. The Kier molecular flexibility index (Phi) is 18.6. The number of fused-ring (bicyclic) bond motifs is 28. The minimum atomic E-state index is -0.418. The molecular formula is C126H88BBrN8O2. The van der Waals surface area contributed by atoms with Crippen molar-refractivity contribution in [2.45, 2.75) is 38.9 Å². The highest BCUT2D eigenvalue weighted by molar-refractivity contribution is 9.10. The largest absolute Gasteiger partial charge is 0.494 e. The van der Waals surface area contributed by atoms with Crippen LogP contribution in [0.2, 0.25) is 0 Å². The van der Waals surface area contributed by atoms with Crippen molar-refractivity contribution in [2.24, 2.45) is 0 Å². The summed E-state index contributed by atoms with van der Waals surface area (Å²) >= 11 is 3.70. The summed E-state index contributed by atoms with van der Waals surface area (Å²) < 4.78 is 33.5. The quantitative estimate of drug-likeness (QED) is 0.128. The Balaban J connectivity index is 0.000000112. The highest BCUT2D eigenvalue weighted by Gasteiger charge is 2.52. The number of halogens is 1. The standard InChI is InChI=1S/C60H38N4.C36H31BN2O2.C30H19BrN2/c1-5-17-41(18-6-1)61-53-27-15-13-25-45(53)47-31-33-49-51-37-39(29-35-55(51)63(59(49)57(47)61)43-21-9-3-10-22-43)40-30-36-56-52(38-40)50-34-32-48-46-26-14-16-28-54(46)62(42-19-7-2-8-20-42)58(48)60(50)64(56)44-23-11-4-12-24-44;1-35(2)36(3,4)41-37(40-35)24-19-22-32-30(23-24)29-21-20-28-27-17-11-12-18-31(27)38(25-13-7-5-8-14-25)33(28)34(29)39(32)26-15-9-6-10-16-26;31-20-15-18-28-26(19-20)25-17-16-24-23-13-7-8-14-27(23)32(21-9-3-1-4-10-21)29(24)30(25)33(28)22-11-5-2-6-12-22/h1-38H;5-23H,1-4H3;1-19H. The molecule has 1 saturated heterocycles. The van der Waals surface area contributed by atoms with Crippen molar-refractivity contribution in [1.82, 2.24) is 36.5 Å². The first kappa shape index (κ1) is 80.9. The minimum absolute atomic E-state index is 0.395. The summed E-state index contributed by atoms with van der Waals surface area (Å²) in [7, 11) is -0.418. The molecule has 29 rings (SSSR count). The maximum absolute atomic E-state index is 6.46. The van der Waals surface area contributed by atoms with Crippen molar-refractivity contribution in [1.29, 1.82) is 0 Å². The minimum Gasteiger partial charge on any atom is -0.399 e. The lowest BCUT2D eigenvalue weighted by molar-refractivity contribution is 0.00578. The molecule has 0 spiro atoms. The van der Waals surface area contributed by atoms with Crippen LogP contribution in [-0.4, -0.2) is 54.9 Å². The Labute approximate surface area is 804 Å². The lowest BCUT2D eigenvalue weighted by atomic mass is 9.78. The molecule has 28 aromatic rings. The molecule has 0 amide bonds. The Bertz CT molecular complexity index is 9490. The molecule has 654 valence electrons. The van der Waals surface area contributed by atoms with Crippen molar-refractivity contribution >= 4 is 203 Å².